The number of hydrogen-bond donors (Lipinski definition) is 1. The van der Waals surface area contributed by atoms with Crippen molar-refractivity contribution in [3.05, 3.63) is 53.6 Å². The SMILES string of the molecule is CC[C@H](C(=O)NC(C)C)N(Cc1cccc(C)c1)C(=O)CN(c1ccc(OC)cc1OC)S(C)(=O)=O. The fourth-order valence-electron chi connectivity index (χ4n) is 3.89. The van der Waals surface area contributed by atoms with Gasteiger partial charge in [0.05, 0.1) is 26.2 Å². The molecule has 0 aromatic heterocycles. The van der Waals surface area contributed by atoms with Gasteiger partial charge >= 0.3 is 0 Å². The number of rotatable bonds is 12. The van der Waals surface area contributed by atoms with Gasteiger partial charge in [-0.3, -0.25) is 13.9 Å². The van der Waals surface area contributed by atoms with Crippen molar-refractivity contribution in [3.8, 4) is 11.5 Å². The molecule has 0 aliphatic carbocycles. The molecule has 36 heavy (non-hydrogen) atoms. The molecule has 0 heterocycles. The lowest BCUT2D eigenvalue weighted by molar-refractivity contribution is -0.140. The van der Waals surface area contributed by atoms with Crippen molar-refractivity contribution in [1.29, 1.82) is 0 Å². The first kappa shape index (κ1) is 29.0. The molecule has 1 N–H and O–H groups in total. The van der Waals surface area contributed by atoms with E-state index in [1.807, 2.05) is 52.0 Å². The second kappa shape index (κ2) is 12.6. The van der Waals surface area contributed by atoms with Crippen LogP contribution in [0.1, 0.15) is 38.3 Å². The second-order valence-corrected chi connectivity index (χ2v) is 10.8. The van der Waals surface area contributed by atoms with Gasteiger partial charge in [0, 0.05) is 18.7 Å². The highest BCUT2D eigenvalue weighted by Gasteiger charge is 2.32. The third kappa shape index (κ3) is 7.61. The fraction of sp³-hybridized carbons (Fsp3) is 0.462. The Balaban J connectivity index is 2.51. The maximum absolute atomic E-state index is 13.8. The average Bonchev–Trinajstić information content (AvgIpc) is 2.80. The predicted molar refractivity (Wildman–Crippen MR) is 141 cm³/mol. The zero-order valence-electron chi connectivity index (χ0n) is 22.1. The minimum Gasteiger partial charge on any atom is -0.497 e. The summed E-state index contributed by atoms with van der Waals surface area (Å²) < 4.78 is 37.2. The molecule has 198 valence electrons. The quantitative estimate of drug-likeness (QED) is 0.462. The Kier molecular flexibility index (Phi) is 10.2. The molecule has 0 unspecified atom stereocenters. The Morgan fingerprint density at radius 3 is 2.28 bits per heavy atom. The van der Waals surface area contributed by atoms with Gasteiger partial charge in [-0.05, 0) is 44.9 Å². The average molecular weight is 520 g/mol. The van der Waals surface area contributed by atoms with Crippen molar-refractivity contribution in [2.24, 2.45) is 0 Å². The van der Waals surface area contributed by atoms with Crippen LogP contribution >= 0.6 is 0 Å². The Labute approximate surface area is 214 Å². The number of carbonyl (C=O) groups excluding carboxylic acids is 2. The van der Waals surface area contributed by atoms with Gasteiger partial charge in [-0.25, -0.2) is 8.42 Å². The highest BCUT2D eigenvalue weighted by Crippen LogP contribution is 2.33. The first-order valence-corrected chi connectivity index (χ1v) is 13.6. The molecular weight excluding hydrogens is 482 g/mol. The van der Waals surface area contributed by atoms with Gasteiger partial charge in [-0.15, -0.1) is 0 Å². The summed E-state index contributed by atoms with van der Waals surface area (Å²) in [6, 6.07) is 11.4. The zero-order chi connectivity index (χ0) is 27.0. The fourth-order valence-corrected chi connectivity index (χ4v) is 4.75. The number of nitrogens with one attached hydrogen (secondary N) is 1. The number of sulfonamides is 1. The van der Waals surface area contributed by atoms with E-state index in [1.54, 1.807) is 12.1 Å². The topological polar surface area (TPSA) is 105 Å². The summed E-state index contributed by atoms with van der Waals surface area (Å²) in [6.07, 6.45) is 1.39. The molecule has 0 spiro atoms. The van der Waals surface area contributed by atoms with Crippen LogP contribution in [0.3, 0.4) is 0 Å². The number of carbonyl (C=O) groups is 2. The molecular formula is C26H37N3O6S. The number of ether oxygens (including phenoxy) is 2. The number of methoxy groups -OCH3 is 2. The van der Waals surface area contributed by atoms with E-state index in [2.05, 4.69) is 5.32 Å². The molecule has 0 aliphatic rings. The van der Waals surface area contributed by atoms with Crippen LogP contribution in [0.5, 0.6) is 11.5 Å². The minimum atomic E-state index is -3.89. The largest absolute Gasteiger partial charge is 0.497 e. The number of nitrogens with zero attached hydrogens (tertiary/aromatic N) is 2. The lowest BCUT2D eigenvalue weighted by Gasteiger charge is -2.33. The monoisotopic (exact) mass is 519 g/mol. The van der Waals surface area contributed by atoms with Gasteiger partial charge < -0.3 is 19.7 Å². The summed E-state index contributed by atoms with van der Waals surface area (Å²) in [4.78, 5) is 28.2. The van der Waals surface area contributed by atoms with E-state index >= 15 is 0 Å². The number of aryl methyl sites for hydroxylation is 1. The molecule has 0 fully saturated rings. The minimum absolute atomic E-state index is 0.112. The Bertz CT molecular complexity index is 1170. The van der Waals surface area contributed by atoms with E-state index in [0.29, 0.717) is 12.2 Å². The van der Waals surface area contributed by atoms with Gasteiger partial charge in [0.15, 0.2) is 0 Å². The Morgan fingerprint density at radius 2 is 1.75 bits per heavy atom. The molecule has 2 amide bonds. The Morgan fingerprint density at radius 1 is 1.06 bits per heavy atom. The second-order valence-electron chi connectivity index (χ2n) is 8.91. The summed E-state index contributed by atoms with van der Waals surface area (Å²) in [5.41, 5.74) is 2.05. The maximum Gasteiger partial charge on any atom is 0.244 e. The van der Waals surface area contributed by atoms with Crippen LogP contribution in [0.2, 0.25) is 0 Å². The molecule has 0 saturated heterocycles. The van der Waals surface area contributed by atoms with E-state index in [9.17, 15) is 18.0 Å². The summed E-state index contributed by atoms with van der Waals surface area (Å²) >= 11 is 0. The maximum atomic E-state index is 13.8. The normalized spacial score (nSPS) is 12.1. The van der Waals surface area contributed by atoms with Crippen LogP contribution < -0.4 is 19.1 Å². The first-order valence-electron chi connectivity index (χ1n) is 11.8. The highest BCUT2D eigenvalue weighted by molar-refractivity contribution is 7.92. The third-order valence-corrected chi connectivity index (χ3v) is 6.71. The van der Waals surface area contributed by atoms with Gasteiger partial charge in [-0.2, -0.15) is 0 Å². The van der Waals surface area contributed by atoms with Crippen LogP contribution in [0, 0.1) is 6.92 Å². The highest BCUT2D eigenvalue weighted by atomic mass is 32.2. The van der Waals surface area contributed by atoms with Crippen LogP contribution in [-0.4, -0.2) is 64.2 Å². The molecule has 9 nitrogen and oxygen atoms in total. The van der Waals surface area contributed by atoms with E-state index < -0.39 is 28.5 Å². The number of amides is 2. The third-order valence-electron chi connectivity index (χ3n) is 5.59. The van der Waals surface area contributed by atoms with Gasteiger partial charge in [0.2, 0.25) is 21.8 Å². The molecule has 0 aliphatic heterocycles. The summed E-state index contributed by atoms with van der Waals surface area (Å²) in [5.74, 6) is -0.0812. The zero-order valence-corrected chi connectivity index (χ0v) is 22.9. The van der Waals surface area contributed by atoms with E-state index in [-0.39, 0.29) is 29.9 Å². The van der Waals surface area contributed by atoms with Crippen molar-refractivity contribution >= 4 is 27.5 Å². The van der Waals surface area contributed by atoms with Crippen LogP contribution in [-0.2, 0) is 26.2 Å². The van der Waals surface area contributed by atoms with Gasteiger partial charge in [0.25, 0.3) is 0 Å². The molecule has 2 rings (SSSR count). The van der Waals surface area contributed by atoms with Crippen molar-refractivity contribution in [3.63, 3.8) is 0 Å². The molecule has 2 aromatic rings. The number of hydrogen-bond acceptors (Lipinski definition) is 6. The first-order chi connectivity index (χ1) is 16.9. The summed E-state index contributed by atoms with van der Waals surface area (Å²) in [7, 11) is -0.986. The smallest absolute Gasteiger partial charge is 0.244 e. The molecule has 0 radical (unpaired) electrons. The Hall–Kier alpha value is -3.27. The van der Waals surface area contributed by atoms with Crippen molar-refractivity contribution in [2.45, 2.75) is 52.7 Å². The van der Waals surface area contributed by atoms with Gasteiger partial charge in [-0.1, -0.05) is 36.8 Å². The summed E-state index contributed by atoms with van der Waals surface area (Å²) in [6.45, 7) is 7.11. The molecule has 1 atom stereocenters. The van der Waals surface area contributed by atoms with Crippen molar-refractivity contribution in [2.75, 3.05) is 31.3 Å². The lowest BCUT2D eigenvalue weighted by atomic mass is 10.1. The van der Waals surface area contributed by atoms with E-state index in [1.165, 1.54) is 25.2 Å². The van der Waals surface area contributed by atoms with Crippen LogP contribution in [0.15, 0.2) is 42.5 Å². The van der Waals surface area contributed by atoms with Crippen LogP contribution in [0.4, 0.5) is 5.69 Å². The van der Waals surface area contributed by atoms with E-state index in [0.717, 1.165) is 21.7 Å². The number of benzene rings is 2. The predicted octanol–water partition coefficient (Wildman–Crippen LogP) is 3.11. The molecule has 0 saturated carbocycles. The van der Waals surface area contributed by atoms with Crippen molar-refractivity contribution in [1.82, 2.24) is 10.2 Å². The van der Waals surface area contributed by atoms with Gasteiger partial charge in [0.1, 0.15) is 24.1 Å². The molecule has 0 bridgehead atoms. The standard InChI is InChI=1S/C26H37N3O6S/c1-8-22(26(31)27-18(2)3)28(16-20-11-9-10-19(4)14-20)25(30)17-29(36(7,32)33)23-13-12-21(34-5)15-24(23)35-6/h9-15,18,22H,8,16-17H2,1-7H3,(H,27,31)/t22-/m1/s1. The number of anilines is 1. The van der Waals surface area contributed by atoms with Crippen LogP contribution in [0.25, 0.3) is 0 Å². The molecule has 2 aromatic carbocycles. The molecule has 10 heteroatoms. The summed E-state index contributed by atoms with van der Waals surface area (Å²) in [5, 5.41) is 2.87. The van der Waals surface area contributed by atoms with E-state index in [4.69, 9.17) is 9.47 Å². The van der Waals surface area contributed by atoms with Crippen molar-refractivity contribution < 1.29 is 27.5 Å². The lowest BCUT2D eigenvalue weighted by Crippen LogP contribution is -2.53.